The van der Waals surface area contributed by atoms with Crippen LogP contribution in [0.15, 0.2) is 84.9 Å². The molecule has 1 amide bonds. The van der Waals surface area contributed by atoms with E-state index in [0.717, 1.165) is 27.9 Å². The van der Waals surface area contributed by atoms with Gasteiger partial charge >= 0.3 is 0 Å². The van der Waals surface area contributed by atoms with Crippen molar-refractivity contribution in [2.75, 3.05) is 5.32 Å². The summed E-state index contributed by atoms with van der Waals surface area (Å²) in [7, 11) is 0. The Hall–Kier alpha value is -4.17. The number of anilines is 1. The third-order valence-electron chi connectivity index (χ3n) is 4.98. The second-order valence-electron chi connectivity index (χ2n) is 7.42. The van der Waals surface area contributed by atoms with Crippen molar-refractivity contribution < 1.29 is 4.79 Å². The van der Waals surface area contributed by atoms with E-state index in [4.69, 9.17) is 10.4 Å². The molecule has 152 valence electrons. The van der Waals surface area contributed by atoms with Crippen molar-refractivity contribution in [3.05, 3.63) is 107 Å². The van der Waals surface area contributed by atoms with Crippen molar-refractivity contribution in [2.24, 2.45) is 0 Å². The van der Waals surface area contributed by atoms with Gasteiger partial charge < -0.3 is 5.32 Å². The molecule has 1 heterocycles. The van der Waals surface area contributed by atoms with E-state index in [2.05, 4.69) is 17.5 Å². The standard InChI is InChI=1S/C26H22N4O/c1-19-7-5-11-22(15-19)24-17-25(30(29-24)18-21-8-3-2-4-9-21)28-26(31)23-12-6-10-20(16-23)13-14-27/h2-12,15-17H,13,18H2,1H3,(H,28,31). The van der Waals surface area contributed by atoms with E-state index in [0.29, 0.717) is 17.9 Å². The van der Waals surface area contributed by atoms with Gasteiger partial charge in [0.2, 0.25) is 0 Å². The van der Waals surface area contributed by atoms with Gasteiger partial charge in [0, 0.05) is 17.2 Å². The normalized spacial score (nSPS) is 10.5. The number of aromatic nitrogens is 2. The zero-order chi connectivity index (χ0) is 21.6. The van der Waals surface area contributed by atoms with E-state index in [1.807, 2.05) is 72.3 Å². The minimum Gasteiger partial charge on any atom is -0.307 e. The SMILES string of the molecule is Cc1cccc(-c2cc(NC(=O)c3cccc(CC#N)c3)n(Cc3ccccc3)n2)c1. The van der Waals surface area contributed by atoms with Crippen LogP contribution in [0.5, 0.6) is 0 Å². The maximum absolute atomic E-state index is 12.9. The number of carbonyl (C=O) groups is 1. The van der Waals surface area contributed by atoms with Crippen molar-refractivity contribution in [1.29, 1.82) is 5.26 Å². The van der Waals surface area contributed by atoms with Crippen LogP contribution in [0.2, 0.25) is 0 Å². The molecule has 0 saturated carbocycles. The molecule has 0 fully saturated rings. The summed E-state index contributed by atoms with van der Waals surface area (Å²) in [5.74, 6) is 0.390. The fourth-order valence-electron chi connectivity index (χ4n) is 3.44. The number of amides is 1. The maximum atomic E-state index is 12.9. The summed E-state index contributed by atoms with van der Waals surface area (Å²) >= 11 is 0. The third-order valence-corrected chi connectivity index (χ3v) is 4.98. The molecule has 0 radical (unpaired) electrons. The minimum absolute atomic E-state index is 0.232. The van der Waals surface area contributed by atoms with Gasteiger partial charge in [-0.3, -0.25) is 4.79 Å². The number of hydrogen-bond acceptors (Lipinski definition) is 3. The Bertz CT molecular complexity index is 1250. The van der Waals surface area contributed by atoms with Crippen LogP contribution in [0.4, 0.5) is 5.82 Å². The predicted octanol–water partition coefficient (Wildman–Crippen LogP) is 5.23. The molecule has 5 nitrogen and oxygen atoms in total. The average Bonchev–Trinajstić information content (AvgIpc) is 3.17. The highest BCUT2D eigenvalue weighted by Crippen LogP contribution is 2.24. The van der Waals surface area contributed by atoms with E-state index in [1.54, 1.807) is 18.2 Å². The molecule has 0 spiro atoms. The van der Waals surface area contributed by atoms with Gasteiger partial charge in [0.1, 0.15) is 5.82 Å². The Morgan fingerprint density at radius 3 is 2.52 bits per heavy atom. The first-order valence-electron chi connectivity index (χ1n) is 10.1. The summed E-state index contributed by atoms with van der Waals surface area (Å²) in [6, 6.07) is 29.3. The number of nitrogens with one attached hydrogen (secondary N) is 1. The van der Waals surface area contributed by atoms with E-state index in [1.165, 1.54) is 0 Å². The van der Waals surface area contributed by atoms with E-state index in [-0.39, 0.29) is 12.3 Å². The Balaban J connectivity index is 1.67. The zero-order valence-corrected chi connectivity index (χ0v) is 17.2. The molecular formula is C26H22N4O. The molecule has 31 heavy (non-hydrogen) atoms. The Labute approximate surface area is 181 Å². The molecule has 1 N–H and O–H groups in total. The second kappa shape index (κ2) is 9.10. The Morgan fingerprint density at radius 1 is 0.968 bits per heavy atom. The van der Waals surface area contributed by atoms with E-state index < -0.39 is 0 Å². The van der Waals surface area contributed by atoms with Crippen LogP contribution in [-0.2, 0) is 13.0 Å². The van der Waals surface area contributed by atoms with E-state index in [9.17, 15) is 4.79 Å². The summed E-state index contributed by atoms with van der Waals surface area (Å²) in [5.41, 5.74) is 5.36. The summed E-state index contributed by atoms with van der Waals surface area (Å²) < 4.78 is 1.81. The zero-order valence-electron chi connectivity index (χ0n) is 17.2. The van der Waals surface area contributed by atoms with Crippen LogP contribution in [0.1, 0.15) is 27.0 Å². The molecule has 4 aromatic rings. The molecule has 0 unspecified atom stereocenters. The molecular weight excluding hydrogens is 384 g/mol. The van der Waals surface area contributed by atoms with Crippen molar-refractivity contribution in [3.8, 4) is 17.3 Å². The molecule has 0 saturated heterocycles. The molecule has 0 bridgehead atoms. The number of nitrogens with zero attached hydrogens (tertiary/aromatic N) is 3. The van der Waals surface area contributed by atoms with Crippen molar-refractivity contribution in [2.45, 2.75) is 19.9 Å². The fourth-order valence-corrected chi connectivity index (χ4v) is 3.44. The van der Waals surface area contributed by atoms with Crippen molar-refractivity contribution in [3.63, 3.8) is 0 Å². The van der Waals surface area contributed by atoms with Crippen molar-refractivity contribution >= 4 is 11.7 Å². The van der Waals surface area contributed by atoms with Gasteiger partial charge in [0.25, 0.3) is 5.91 Å². The van der Waals surface area contributed by atoms with Gasteiger partial charge in [-0.1, -0.05) is 66.2 Å². The third kappa shape index (κ3) is 4.88. The topological polar surface area (TPSA) is 70.7 Å². The van der Waals surface area contributed by atoms with Crippen LogP contribution in [0, 0.1) is 18.3 Å². The largest absolute Gasteiger partial charge is 0.307 e. The monoisotopic (exact) mass is 406 g/mol. The number of carbonyl (C=O) groups excluding carboxylic acids is 1. The van der Waals surface area contributed by atoms with Crippen LogP contribution in [0.25, 0.3) is 11.3 Å². The summed E-state index contributed by atoms with van der Waals surface area (Å²) in [6.45, 7) is 2.58. The van der Waals surface area contributed by atoms with Gasteiger partial charge in [-0.05, 0) is 36.2 Å². The average molecular weight is 406 g/mol. The fraction of sp³-hybridized carbons (Fsp3) is 0.115. The van der Waals surface area contributed by atoms with Gasteiger partial charge in [-0.25, -0.2) is 4.68 Å². The summed E-state index contributed by atoms with van der Waals surface area (Å²) in [5, 5.41) is 16.7. The highest BCUT2D eigenvalue weighted by molar-refractivity contribution is 6.04. The first-order valence-corrected chi connectivity index (χ1v) is 10.1. The highest BCUT2D eigenvalue weighted by atomic mass is 16.1. The lowest BCUT2D eigenvalue weighted by atomic mass is 10.1. The maximum Gasteiger partial charge on any atom is 0.256 e. The first-order chi connectivity index (χ1) is 15.1. The lowest BCUT2D eigenvalue weighted by molar-refractivity contribution is 0.102. The number of nitriles is 1. The molecule has 1 aromatic heterocycles. The van der Waals surface area contributed by atoms with Crippen LogP contribution in [-0.4, -0.2) is 15.7 Å². The lowest BCUT2D eigenvalue weighted by Gasteiger charge is -2.09. The lowest BCUT2D eigenvalue weighted by Crippen LogP contribution is -2.16. The molecule has 0 aliphatic carbocycles. The van der Waals surface area contributed by atoms with Crippen LogP contribution >= 0.6 is 0 Å². The first kappa shape index (κ1) is 20.1. The Kier molecular flexibility index (Phi) is 5.91. The molecule has 5 heteroatoms. The highest BCUT2D eigenvalue weighted by Gasteiger charge is 2.14. The van der Waals surface area contributed by atoms with Gasteiger partial charge in [-0.2, -0.15) is 10.4 Å². The number of aryl methyl sites for hydroxylation is 1. The van der Waals surface area contributed by atoms with Gasteiger partial charge in [0.15, 0.2) is 0 Å². The predicted molar refractivity (Wildman–Crippen MR) is 122 cm³/mol. The smallest absolute Gasteiger partial charge is 0.256 e. The van der Waals surface area contributed by atoms with E-state index >= 15 is 0 Å². The summed E-state index contributed by atoms with van der Waals surface area (Å²) in [4.78, 5) is 12.9. The van der Waals surface area contributed by atoms with Crippen LogP contribution in [0.3, 0.4) is 0 Å². The number of rotatable bonds is 6. The van der Waals surface area contributed by atoms with Gasteiger partial charge in [-0.15, -0.1) is 0 Å². The van der Waals surface area contributed by atoms with Gasteiger partial charge in [0.05, 0.1) is 24.7 Å². The minimum atomic E-state index is -0.232. The Morgan fingerprint density at radius 2 is 1.74 bits per heavy atom. The molecule has 3 aromatic carbocycles. The molecule has 4 rings (SSSR count). The molecule has 0 atom stereocenters. The van der Waals surface area contributed by atoms with Crippen molar-refractivity contribution in [1.82, 2.24) is 9.78 Å². The molecule has 0 aliphatic rings. The second-order valence-corrected chi connectivity index (χ2v) is 7.42. The number of hydrogen-bond donors (Lipinski definition) is 1. The quantitative estimate of drug-likeness (QED) is 0.477. The van der Waals surface area contributed by atoms with Crippen LogP contribution < -0.4 is 5.32 Å². The summed E-state index contributed by atoms with van der Waals surface area (Å²) in [6.07, 6.45) is 0.268. The number of benzene rings is 3. The molecule has 0 aliphatic heterocycles.